The van der Waals surface area contributed by atoms with Gasteiger partial charge in [0, 0.05) is 51.5 Å². The van der Waals surface area contributed by atoms with E-state index >= 15 is 0 Å². The van der Waals surface area contributed by atoms with E-state index in [-0.39, 0.29) is 22.6 Å². The molecule has 1 atom stereocenters. The molecule has 1 unspecified atom stereocenters. The van der Waals surface area contributed by atoms with E-state index in [1.54, 1.807) is 24.1 Å². The fourth-order valence-corrected chi connectivity index (χ4v) is 5.91. The van der Waals surface area contributed by atoms with Gasteiger partial charge in [0.1, 0.15) is 10.6 Å². The number of benzene rings is 2. The molecule has 1 saturated heterocycles. The Kier molecular flexibility index (Phi) is 7.46. The number of hydrogen-bond acceptors (Lipinski definition) is 5. The van der Waals surface area contributed by atoms with Gasteiger partial charge in [-0.05, 0) is 55.7 Å². The van der Waals surface area contributed by atoms with Gasteiger partial charge in [0.25, 0.3) is 5.91 Å². The summed E-state index contributed by atoms with van der Waals surface area (Å²) in [6.45, 7) is 2.82. The van der Waals surface area contributed by atoms with E-state index in [0.29, 0.717) is 18.7 Å². The summed E-state index contributed by atoms with van der Waals surface area (Å²) in [5.41, 5.74) is 2.40. The smallest absolute Gasteiger partial charge is 0.253 e. The van der Waals surface area contributed by atoms with Crippen LogP contribution in [0.2, 0.25) is 0 Å². The highest BCUT2D eigenvalue weighted by atomic mass is 32.2. The highest BCUT2D eigenvalue weighted by Crippen LogP contribution is 2.32. The number of piperidine rings is 1. The quantitative estimate of drug-likeness (QED) is 0.633. The Morgan fingerprint density at radius 3 is 2.38 bits per heavy atom. The molecule has 0 N–H and O–H groups in total. The van der Waals surface area contributed by atoms with Crippen LogP contribution >= 0.6 is 0 Å². The molecule has 0 bridgehead atoms. The number of sulfonamides is 1. The van der Waals surface area contributed by atoms with Crippen molar-refractivity contribution >= 4 is 21.6 Å². The molecule has 0 radical (unpaired) electrons. The summed E-state index contributed by atoms with van der Waals surface area (Å²) < 4.78 is 33.7. The molecule has 1 heterocycles. The molecule has 0 aliphatic carbocycles. The van der Waals surface area contributed by atoms with Crippen molar-refractivity contribution in [1.82, 2.24) is 9.21 Å². The van der Waals surface area contributed by atoms with Gasteiger partial charge < -0.3 is 14.5 Å². The summed E-state index contributed by atoms with van der Waals surface area (Å²) in [4.78, 5) is 16.8. The number of carbonyl (C=O) groups is 1. The minimum atomic E-state index is -3.77. The van der Waals surface area contributed by atoms with E-state index in [4.69, 9.17) is 4.74 Å². The lowest BCUT2D eigenvalue weighted by atomic mass is 10.1. The molecule has 8 heteroatoms. The Morgan fingerprint density at radius 2 is 1.78 bits per heavy atom. The number of anilines is 1. The van der Waals surface area contributed by atoms with Crippen LogP contribution in [0.25, 0.3) is 0 Å². The summed E-state index contributed by atoms with van der Waals surface area (Å²) in [6.07, 6.45) is 2.68. The third kappa shape index (κ3) is 5.07. The van der Waals surface area contributed by atoms with Crippen LogP contribution in [-0.4, -0.2) is 64.4 Å². The standard InChI is InChI=1S/C24H33N3O4S/c1-18-8-6-7-15-27(18)32(29,30)23-16-20(11-14-22(23)31-5)24(28)26(4)17-19-9-12-21(13-10-19)25(2)3/h9-14,16,18H,6-8,15,17H2,1-5H3. The van der Waals surface area contributed by atoms with Crippen LogP contribution in [0.3, 0.4) is 0 Å². The van der Waals surface area contributed by atoms with Crippen molar-refractivity contribution in [2.75, 3.05) is 39.7 Å². The highest BCUT2D eigenvalue weighted by Gasteiger charge is 2.33. The fourth-order valence-electron chi connectivity index (χ4n) is 4.03. The van der Waals surface area contributed by atoms with Crippen LogP contribution in [0.4, 0.5) is 5.69 Å². The molecule has 3 rings (SSSR count). The van der Waals surface area contributed by atoms with Crippen molar-refractivity contribution in [1.29, 1.82) is 0 Å². The van der Waals surface area contributed by atoms with E-state index in [9.17, 15) is 13.2 Å². The topological polar surface area (TPSA) is 70.2 Å². The van der Waals surface area contributed by atoms with E-state index in [1.807, 2.05) is 50.2 Å². The van der Waals surface area contributed by atoms with Crippen LogP contribution < -0.4 is 9.64 Å². The Balaban J connectivity index is 1.85. The lowest BCUT2D eigenvalue weighted by Crippen LogP contribution is -2.42. The normalized spacial score (nSPS) is 17.1. The monoisotopic (exact) mass is 459 g/mol. The van der Waals surface area contributed by atoms with E-state index in [2.05, 4.69) is 0 Å². The predicted molar refractivity (Wildman–Crippen MR) is 127 cm³/mol. The lowest BCUT2D eigenvalue weighted by Gasteiger charge is -2.32. The van der Waals surface area contributed by atoms with Gasteiger partial charge in [-0.25, -0.2) is 8.42 Å². The number of nitrogens with zero attached hydrogens (tertiary/aromatic N) is 3. The molecule has 7 nitrogen and oxygen atoms in total. The number of hydrogen-bond donors (Lipinski definition) is 0. The molecule has 2 aromatic carbocycles. The van der Waals surface area contributed by atoms with Gasteiger partial charge in [-0.2, -0.15) is 4.31 Å². The number of carbonyl (C=O) groups excluding carboxylic acids is 1. The maximum Gasteiger partial charge on any atom is 0.253 e. The Bertz CT molecular complexity index is 1050. The van der Waals surface area contributed by atoms with E-state index < -0.39 is 10.0 Å². The Hall–Kier alpha value is -2.58. The van der Waals surface area contributed by atoms with E-state index in [1.165, 1.54) is 17.5 Å². The van der Waals surface area contributed by atoms with Gasteiger partial charge in [0.05, 0.1) is 7.11 Å². The number of ether oxygens (including phenoxy) is 1. The zero-order valence-corrected chi connectivity index (χ0v) is 20.4. The molecular formula is C24H33N3O4S. The van der Waals surface area contributed by atoms with Crippen molar-refractivity contribution in [3.05, 3.63) is 53.6 Å². The largest absolute Gasteiger partial charge is 0.495 e. The summed E-state index contributed by atoms with van der Waals surface area (Å²) in [6, 6.07) is 12.5. The molecule has 1 aliphatic heterocycles. The zero-order chi connectivity index (χ0) is 23.5. The Labute approximate surface area is 191 Å². The van der Waals surface area contributed by atoms with Gasteiger partial charge in [0.2, 0.25) is 10.0 Å². The third-order valence-electron chi connectivity index (χ3n) is 5.96. The van der Waals surface area contributed by atoms with Gasteiger partial charge in [-0.3, -0.25) is 4.79 Å². The van der Waals surface area contributed by atoms with Crippen molar-refractivity contribution in [2.24, 2.45) is 0 Å². The minimum absolute atomic E-state index is 0.0448. The van der Waals surface area contributed by atoms with Gasteiger partial charge >= 0.3 is 0 Å². The number of rotatable bonds is 7. The highest BCUT2D eigenvalue weighted by molar-refractivity contribution is 7.89. The molecule has 0 aromatic heterocycles. The second kappa shape index (κ2) is 9.92. The number of methoxy groups -OCH3 is 1. The first-order valence-corrected chi connectivity index (χ1v) is 12.3. The maximum absolute atomic E-state index is 13.4. The molecule has 1 aliphatic rings. The van der Waals surface area contributed by atoms with Crippen LogP contribution in [-0.2, 0) is 16.6 Å². The summed E-state index contributed by atoms with van der Waals surface area (Å²) >= 11 is 0. The van der Waals surface area contributed by atoms with Crippen molar-refractivity contribution in [2.45, 2.75) is 43.7 Å². The summed E-state index contributed by atoms with van der Waals surface area (Å²) in [7, 11) is 3.34. The first kappa shape index (κ1) is 24.1. The van der Waals surface area contributed by atoms with E-state index in [0.717, 1.165) is 30.5 Å². The second-order valence-corrected chi connectivity index (χ2v) is 10.4. The maximum atomic E-state index is 13.4. The number of amides is 1. The lowest BCUT2D eigenvalue weighted by molar-refractivity contribution is 0.0785. The van der Waals surface area contributed by atoms with Crippen LogP contribution in [0.15, 0.2) is 47.4 Å². The second-order valence-electron chi connectivity index (χ2n) is 8.55. The first-order chi connectivity index (χ1) is 15.1. The third-order valence-corrected chi connectivity index (χ3v) is 7.99. The van der Waals surface area contributed by atoms with Crippen molar-refractivity contribution < 1.29 is 17.9 Å². The van der Waals surface area contributed by atoms with Crippen molar-refractivity contribution in [3.8, 4) is 5.75 Å². The Morgan fingerprint density at radius 1 is 1.09 bits per heavy atom. The molecular weight excluding hydrogens is 426 g/mol. The van der Waals surface area contributed by atoms with Gasteiger partial charge in [-0.15, -0.1) is 0 Å². The van der Waals surface area contributed by atoms with Gasteiger partial charge in [0.15, 0.2) is 0 Å². The average molecular weight is 460 g/mol. The van der Waals surface area contributed by atoms with Crippen molar-refractivity contribution in [3.63, 3.8) is 0 Å². The average Bonchev–Trinajstić information content (AvgIpc) is 2.78. The fraction of sp³-hybridized carbons (Fsp3) is 0.458. The predicted octanol–water partition coefficient (Wildman–Crippen LogP) is 3.60. The molecule has 174 valence electrons. The minimum Gasteiger partial charge on any atom is -0.495 e. The SMILES string of the molecule is COc1ccc(C(=O)N(C)Cc2ccc(N(C)C)cc2)cc1S(=O)(=O)N1CCCCC1C. The molecule has 0 saturated carbocycles. The molecule has 0 spiro atoms. The zero-order valence-electron chi connectivity index (χ0n) is 19.5. The van der Waals surface area contributed by atoms with Crippen LogP contribution in [0.5, 0.6) is 5.75 Å². The summed E-state index contributed by atoms with van der Waals surface area (Å²) in [5, 5.41) is 0. The summed E-state index contributed by atoms with van der Waals surface area (Å²) in [5.74, 6) is 0.00809. The molecule has 1 amide bonds. The molecule has 32 heavy (non-hydrogen) atoms. The molecule has 2 aromatic rings. The molecule has 1 fully saturated rings. The van der Waals surface area contributed by atoms with Crippen LogP contribution in [0, 0.1) is 0 Å². The van der Waals surface area contributed by atoms with Gasteiger partial charge in [-0.1, -0.05) is 18.6 Å². The van der Waals surface area contributed by atoms with Crippen LogP contribution in [0.1, 0.15) is 42.1 Å². The first-order valence-electron chi connectivity index (χ1n) is 10.9.